The Morgan fingerprint density at radius 3 is 3.00 bits per heavy atom. The molecule has 2 rings (SSSR count). The first-order valence-electron chi connectivity index (χ1n) is 5.94. The Kier molecular flexibility index (Phi) is 3.89. The zero-order chi connectivity index (χ0) is 12.4. The normalized spacial score (nSPS) is 23.9. The Balaban J connectivity index is 2.04. The molecule has 2 unspecified atom stereocenters. The van der Waals surface area contributed by atoms with Gasteiger partial charge in [0, 0.05) is 23.8 Å². The fourth-order valence-electron chi connectivity index (χ4n) is 2.50. The van der Waals surface area contributed by atoms with Crippen molar-refractivity contribution >= 4 is 21.8 Å². The van der Waals surface area contributed by atoms with Crippen molar-refractivity contribution in [3.8, 4) is 0 Å². The Morgan fingerprint density at radius 1 is 1.65 bits per heavy atom. The van der Waals surface area contributed by atoms with E-state index in [0.717, 1.165) is 23.7 Å². The molecule has 3 N–H and O–H groups in total. The average molecular weight is 300 g/mol. The molecule has 0 spiro atoms. The minimum absolute atomic E-state index is 0.0106. The van der Waals surface area contributed by atoms with E-state index in [1.165, 1.54) is 0 Å². The number of amides is 1. The molecule has 1 fully saturated rings. The third kappa shape index (κ3) is 2.72. The number of nitrogens with zero attached hydrogens (tertiary/aromatic N) is 1. The second kappa shape index (κ2) is 5.23. The van der Waals surface area contributed by atoms with Gasteiger partial charge in [0.25, 0.3) is 5.91 Å². The van der Waals surface area contributed by atoms with E-state index in [4.69, 9.17) is 5.73 Å². The molecule has 1 amide bonds. The van der Waals surface area contributed by atoms with Crippen molar-refractivity contribution in [1.82, 2.24) is 9.88 Å². The second-order valence-electron chi connectivity index (χ2n) is 4.66. The molecule has 17 heavy (non-hydrogen) atoms. The lowest BCUT2D eigenvalue weighted by atomic mass is 10.0. The van der Waals surface area contributed by atoms with Gasteiger partial charge in [0.1, 0.15) is 5.69 Å². The Morgan fingerprint density at radius 2 is 2.41 bits per heavy atom. The number of hydrogen-bond acceptors (Lipinski definition) is 2. The maximum atomic E-state index is 12.1. The van der Waals surface area contributed by atoms with E-state index in [1.54, 1.807) is 0 Å². The molecule has 1 saturated carbocycles. The van der Waals surface area contributed by atoms with E-state index in [2.05, 4.69) is 21.2 Å². The first-order chi connectivity index (χ1) is 8.11. The molecule has 5 heteroatoms. The summed E-state index contributed by atoms with van der Waals surface area (Å²) in [6, 6.07) is 2.07. The highest BCUT2D eigenvalue weighted by Gasteiger charge is 2.28. The predicted molar refractivity (Wildman–Crippen MR) is 70.8 cm³/mol. The van der Waals surface area contributed by atoms with Crippen molar-refractivity contribution in [2.24, 2.45) is 18.7 Å². The van der Waals surface area contributed by atoms with Crippen LogP contribution in [0.4, 0.5) is 0 Å². The lowest BCUT2D eigenvalue weighted by Crippen LogP contribution is -2.40. The topological polar surface area (TPSA) is 60.0 Å². The van der Waals surface area contributed by atoms with Gasteiger partial charge in [0.15, 0.2) is 0 Å². The Labute approximate surface area is 110 Å². The van der Waals surface area contributed by atoms with Gasteiger partial charge in [0.05, 0.1) is 0 Å². The molecule has 1 aliphatic carbocycles. The minimum atomic E-state index is -0.0106. The van der Waals surface area contributed by atoms with Crippen LogP contribution in [-0.2, 0) is 7.05 Å². The fourth-order valence-corrected chi connectivity index (χ4v) is 3.03. The Bertz CT molecular complexity index is 416. The van der Waals surface area contributed by atoms with Crippen LogP contribution < -0.4 is 11.1 Å². The molecule has 1 aromatic heterocycles. The van der Waals surface area contributed by atoms with Crippen LogP contribution in [0, 0.1) is 5.92 Å². The van der Waals surface area contributed by atoms with Gasteiger partial charge in [-0.1, -0.05) is 6.42 Å². The summed E-state index contributed by atoms with van der Waals surface area (Å²) in [4.78, 5) is 12.1. The summed E-state index contributed by atoms with van der Waals surface area (Å²) in [6.45, 7) is 0.655. The second-order valence-corrected chi connectivity index (χ2v) is 5.58. The summed E-state index contributed by atoms with van der Waals surface area (Å²) in [7, 11) is 1.87. The van der Waals surface area contributed by atoms with Crippen molar-refractivity contribution in [1.29, 1.82) is 0 Å². The zero-order valence-electron chi connectivity index (χ0n) is 9.95. The van der Waals surface area contributed by atoms with E-state index in [1.807, 2.05) is 23.9 Å². The van der Waals surface area contributed by atoms with E-state index in [0.29, 0.717) is 18.2 Å². The van der Waals surface area contributed by atoms with Crippen LogP contribution in [0.1, 0.15) is 29.8 Å². The monoisotopic (exact) mass is 299 g/mol. The standard InChI is InChI=1S/C12H18BrN3O/c1-16-7-9(13)5-11(16)12(17)15-10-4-2-3-8(10)6-14/h5,7-8,10H,2-4,6,14H2,1H3,(H,15,17). The summed E-state index contributed by atoms with van der Waals surface area (Å²) in [5, 5.41) is 3.09. The van der Waals surface area contributed by atoms with E-state index in [-0.39, 0.29) is 11.9 Å². The molecule has 0 saturated heterocycles. The van der Waals surface area contributed by atoms with E-state index < -0.39 is 0 Å². The summed E-state index contributed by atoms with van der Waals surface area (Å²) in [5.41, 5.74) is 6.39. The molecule has 2 atom stereocenters. The third-order valence-corrected chi connectivity index (χ3v) is 3.92. The van der Waals surface area contributed by atoms with Crippen molar-refractivity contribution in [3.05, 3.63) is 22.4 Å². The molecule has 1 heterocycles. The van der Waals surface area contributed by atoms with Crippen LogP contribution in [0.5, 0.6) is 0 Å². The largest absolute Gasteiger partial charge is 0.348 e. The number of hydrogen-bond donors (Lipinski definition) is 2. The van der Waals surface area contributed by atoms with Gasteiger partial charge in [0.2, 0.25) is 0 Å². The molecule has 0 aliphatic heterocycles. The van der Waals surface area contributed by atoms with Crippen molar-refractivity contribution in [2.45, 2.75) is 25.3 Å². The van der Waals surface area contributed by atoms with Gasteiger partial charge in [-0.2, -0.15) is 0 Å². The number of nitrogens with one attached hydrogen (secondary N) is 1. The number of aryl methyl sites for hydroxylation is 1. The van der Waals surface area contributed by atoms with Crippen molar-refractivity contribution < 1.29 is 4.79 Å². The van der Waals surface area contributed by atoms with Crippen LogP contribution in [-0.4, -0.2) is 23.1 Å². The number of carbonyl (C=O) groups excluding carboxylic acids is 1. The summed E-state index contributed by atoms with van der Waals surface area (Å²) in [6.07, 6.45) is 5.20. The number of rotatable bonds is 3. The Hall–Kier alpha value is -0.810. The van der Waals surface area contributed by atoms with Gasteiger partial charge in [-0.15, -0.1) is 0 Å². The molecule has 4 nitrogen and oxygen atoms in total. The highest BCUT2D eigenvalue weighted by molar-refractivity contribution is 9.10. The maximum Gasteiger partial charge on any atom is 0.268 e. The SMILES string of the molecule is Cn1cc(Br)cc1C(=O)NC1CCCC1CN. The molecule has 1 aliphatic rings. The van der Waals surface area contributed by atoms with E-state index >= 15 is 0 Å². The molecule has 94 valence electrons. The first kappa shape index (κ1) is 12.6. The lowest BCUT2D eigenvalue weighted by Gasteiger charge is -2.19. The van der Waals surface area contributed by atoms with Crippen molar-refractivity contribution in [2.75, 3.05) is 6.54 Å². The smallest absolute Gasteiger partial charge is 0.268 e. The molecule has 1 aromatic rings. The highest BCUT2D eigenvalue weighted by atomic mass is 79.9. The number of carbonyl (C=O) groups is 1. The molecule has 0 radical (unpaired) electrons. The van der Waals surface area contributed by atoms with Crippen LogP contribution in [0.3, 0.4) is 0 Å². The van der Waals surface area contributed by atoms with Crippen LogP contribution in [0.25, 0.3) is 0 Å². The lowest BCUT2D eigenvalue weighted by molar-refractivity contribution is 0.0920. The van der Waals surface area contributed by atoms with Crippen LogP contribution in [0.2, 0.25) is 0 Å². The first-order valence-corrected chi connectivity index (χ1v) is 6.74. The van der Waals surface area contributed by atoms with Gasteiger partial charge < -0.3 is 15.6 Å². The quantitative estimate of drug-likeness (QED) is 0.891. The summed E-state index contributed by atoms with van der Waals surface area (Å²) < 4.78 is 2.75. The van der Waals surface area contributed by atoms with Gasteiger partial charge in [-0.05, 0) is 47.3 Å². The number of nitrogens with two attached hydrogens (primary N) is 1. The maximum absolute atomic E-state index is 12.1. The van der Waals surface area contributed by atoms with Crippen LogP contribution >= 0.6 is 15.9 Å². The minimum Gasteiger partial charge on any atom is -0.348 e. The summed E-state index contributed by atoms with van der Waals surface area (Å²) >= 11 is 3.37. The average Bonchev–Trinajstić information content (AvgIpc) is 2.84. The number of aromatic nitrogens is 1. The van der Waals surface area contributed by atoms with Gasteiger partial charge in [-0.25, -0.2) is 0 Å². The molecule has 0 bridgehead atoms. The van der Waals surface area contributed by atoms with Gasteiger partial charge in [-0.3, -0.25) is 4.79 Å². The third-order valence-electron chi connectivity index (χ3n) is 3.48. The van der Waals surface area contributed by atoms with Crippen molar-refractivity contribution in [3.63, 3.8) is 0 Å². The van der Waals surface area contributed by atoms with Gasteiger partial charge >= 0.3 is 0 Å². The predicted octanol–water partition coefficient (Wildman–Crippen LogP) is 1.64. The summed E-state index contributed by atoms with van der Waals surface area (Å²) in [5.74, 6) is 0.422. The van der Waals surface area contributed by atoms with E-state index in [9.17, 15) is 4.79 Å². The highest BCUT2D eigenvalue weighted by Crippen LogP contribution is 2.25. The number of halogens is 1. The zero-order valence-corrected chi connectivity index (χ0v) is 11.5. The molecular weight excluding hydrogens is 282 g/mol. The van der Waals surface area contributed by atoms with Crippen LogP contribution in [0.15, 0.2) is 16.7 Å². The molecular formula is C12H18BrN3O. The fraction of sp³-hybridized carbons (Fsp3) is 0.583. The molecule has 0 aromatic carbocycles.